The summed E-state index contributed by atoms with van der Waals surface area (Å²) in [6.45, 7) is 8.55. The minimum atomic E-state index is -3.32. The van der Waals surface area contributed by atoms with Crippen LogP contribution in [0, 0.1) is 11.8 Å². The minimum absolute atomic E-state index is 0.298. The van der Waals surface area contributed by atoms with Gasteiger partial charge in [0, 0.05) is 32.1 Å². The van der Waals surface area contributed by atoms with Crippen molar-refractivity contribution in [2.75, 3.05) is 32.1 Å². The summed E-state index contributed by atoms with van der Waals surface area (Å²) in [6.07, 6.45) is 3.99. The lowest BCUT2D eigenvalue weighted by molar-refractivity contribution is 0.250. The van der Waals surface area contributed by atoms with E-state index in [1.54, 1.807) is 8.61 Å². The molecular weight excluding hydrogens is 296 g/mol. The average Bonchev–Trinajstić information content (AvgIpc) is 2.48. The van der Waals surface area contributed by atoms with Crippen LogP contribution in [-0.2, 0) is 10.2 Å². The fourth-order valence-electron chi connectivity index (χ4n) is 2.75. The van der Waals surface area contributed by atoms with E-state index in [0.29, 0.717) is 43.9 Å². The second-order valence-electron chi connectivity index (χ2n) is 5.66. The summed E-state index contributed by atoms with van der Waals surface area (Å²) in [5, 5.41) is 0. The number of nitrogens with zero attached hydrogens (tertiary/aromatic N) is 2. The molecule has 6 heteroatoms. The summed E-state index contributed by atoms with van der Waals surface area (Å²) >= 11 is 5.90. The second-order valence-corrected chi connectivity index (χ2v) is 7.90. The lowest BCUT2D eigenvalue weighted by Gasteiger charge is -2.35. The molecule has 0 amide bonds. The summed E-state index contributed by atoms with van der Waals surface area (Å²) in [7, 11) is -3.32. The predicted molar refractivity (Wildman–Crippen MR) is 85.3 cm³/mol. The molecule has 0 saturated carbocycles. The molecule has 1 atom stereocenters. The van der Waals surface area contributed by atoms with Gasteiger partial charge < -0.3 is 0 Å². The molecule has 0 aromatic rings. The molecule has 0 bridgehead atoms. The largest absolute Gasteiger partial charge is 0.281 e. The molecule has 1 saturated heterocycles. The molecule has 0 spiro atoms. The van der Waals surface area contributed by atoms with Gasteiger partial charge in [-0.3, -0.25) is 0 Å². The van der Waals surface area contributed by atoms with Crippen LogP contribution in [0.2, 0.25) is 0 Å². The molecule has 0 N–H and O–H groups in total. The Morgan fingerprint density at radius 1 is 1.30 bits per heavy atom. The maximum absolute atomic E-state index is 12.8. The van der Waals surface area contributed by atoms with Crippen molar-refractivity contribution in [1.29, 1.82) is 0 Å². The Labute approximate surface area is 129 Å². The van der Waals surface area contributed by atoms with Crippen LogP contribution in [0.25, 0.3) is 0 Å². The van der Waals surface area contributed by atoms with Crippen LogP contribution in [0.3, 0.4) is 0 Å². The standard InChI is InChI=1S/C14H29ClN2O2S/c1-4-13(5-2)11-16(6-3)20(18,19)17-9-7-8-14(10-15)12-17/h13-14H,4-12H2,1-3H3. The van der Waals surface area contributed by atoms with E-state index in [1.165, 1.54) is 0 Å². The third kappa shape index (κ3) is 4.58. The fourth-order valence-corrected chi connectivity index (χ4v) is 4.81. The van der Waals surface area contributed by atoms with E-state index in [4.69, 9.17) is 11.6 Å². The lowest BCUT2D eigenvalue weighted by Crippen LogP contribution is -2.49. The van der Waals surface area contributed by atoms with E-state index in [2.05, 4.69) is 13.8 Å². The van der Waals surface area contributed by atoms with Crippen molar-refractivity contribution in [3.05, 3.63) is 0 Å². The van der Waals surface area contributed by atoms with E-state index in [9.17, 15) is 8.42 Å². The first-order valence-corrected chi connectivity index (χ1v) is 9.73. The van der Waals surface area contributed by atoms with E-state index < -0.39 is 10.2 Å². The molecule has 0 aromatic heterocycles. The highest BCUT2D eigenvalue weighted by Gasteiger charge is 2.33. The van der Waals surface area contributed by atoms with Crippen molar-refractivity contribution in [2.24, 2.45) is 11.8 Å². The van der Waals surface area contributed by atoms with E-state index in [1.807, 2.05) is 6.92 Å². The zero-order valence-corrected chi connectivity index (χ0v) is 14.6. The molecule has 1 rings (SSSR count). The molecule has 0 radical (unpaired) electrons. The first-order valence-electron chi connectivity index (χ1n) is 7.80. The van der Waals surface area contributed by atoms with Gasteiger partial charge in [0.2, 0.25) is 0 Å². The van der Waals surface area contributed by atoms with E-state index in [0.717, 1.165) is 25.7 Å². The van der Waals surface area contributed by atoms with Crippen LogP contribution in [0.5, 0.6) is 0 Å². The molecule has 1 heterocycles. The van der Waals surface area contributed by atoms with Crippen molar-refractivity contribution in [1.82, 2.24) is 8.61 Å². The Hall–Kier alpha value is 0.160. The third-order valence-electron chi connectivity index (χ3n) is 4.32. The molecule has 1 fully saturated rings. The van der Waals surface area contributed by atoms with Gasteiger partial charge in [0.15, 0.2) is 0 Å². The van der Waals surface area contributed by atoms with Gasteiger partial charge in [0.05, 0.1) is 0 Å². The summed E-state index contributed by atoms with van der Waals surface area (Å²) in [4.78, 5) is 0. The monoisotopic (exact) mass is 324 g/mol. The molecule has 1 aliphatic rings. The number of hydrogen-bond acceptors (Lipinski definition) is 2. The normalized spacial score (nSPS) is 21.8. The van der Waals surface area contributed by atoms with Crippen molar-refractivity contribution in [3.8, 4) is 0 Å². The quantitative estimate of drug-likeness (QED) is 0.644. The van der Waals surface area contributed by atoms with Gasteiger partial charge in [0.25, 0.3) is 10.2 Å². The van der Waals surface area contributed by atoms with Gasteiger partial charge >= 0.3 is 0 Å². The van der Waals surface area contributed by atoms with Gasteiger partial charge in [-0.05, 0) is 24.7 Å². The molecule has 1 aliphatic heterocycles. The Morgan fingerprint density at radius 3 is 2.45 bits per heavy atom. The topological polar surface area (TPSA) is 40.6 Å². The Kier molecular flexibility index (Phi) is 7.80. The predicted octanol–water partition coefficient (Wildman–Crippen LogP) is 2.94. The minimum Gasteiger partial charge on any atom is -0.195 e. The van der Waals surface area contributed by atoms with Crippen molar-refractivity contribution in [2.45, 2.75) is 46.5 Å². The van der Waals surface area contributed by atoms with Crippen LogP contribution in [-0.4, -0.2) is 49.1 Å². The third-order valence-corrected chi connectivity index (χ3v) is 6.80. The fraction of sp³-hybridized carbons (Fsp3) is 1.00. The summed E-state index contributed by atoms with van der Waals surface area (Å²) in [6, 6.07) is 0. The summed E-state index contributed by atoms with van der Waals surface area (Å²) in [5.41, 5.74) is 0. The smallest absolute Gasteiger partial charge is 0.195 e. The molecule has 4 nitrogen and oxygen atoms in total. The van der Waals surface area contributed by atoms with Crippen LogP contribution < -0.4 is 0 Å². The molecule has 20 heavy (non-hydrogen) atoms. The highest BCUT2D eigenvalue weighted by molar-refractivity contribution is 7.86. The Morgan fingerprint density at radius 2 is 1.95 bits per heavy atom. The van der Waals surface area contributed by atoms with Gasteiger partial charge in [-0.15, -0.1) is 11.6 Å². The van der Waals surface area contributed by atoms with Gasteiger partial charge in [-0.25, -0.2) is 0 Å². The number of alkyl halides is 1. The van der Waals surface area contributed by atoms with Crippen LogP contribution in [0.1, 0.15) is 46.5 Å². The summed E-state index contributed by atoms with van der Waals surface area (Å²) in [5.74, 6) is 1.29. The number of rotatable bonds is 8. The number of hydrogen-bond donors (Lipinski definition) is 0. The zero-order valence-electron chi connectivity index (χ0n) is 13.0. The van der Waals surface area contributed by atoms with E-state index >= 15 is 0 Å². The van der Waals surface area contributed by atoms with Crippen molar-refractivity contribution in [3.63, 3.8) is 0 Å². The molecule has 1 unspecified atom stereocenters. The van der Waals surface area contributed by atoms with Gasteiger partial charge in [-0.1, -0.05) is 33.6 Å². The SMILES string of the molecule is CCC(CC)CN(CC)S(=O)(=O)N1CCCC(CCl)C1. The highest BCUT2D eigenvalue weighted by atomic mass is 35.5. The maximum Gasteiger partial charge on any atom is 0.281 e. The van der Waals surface area contributed by atoms with Crippen molar-refractivity contribution >= 4 is 21.8 Å². The van der Waals surface area contributed by atoms with Crippen LogP contribution in [0.15, 0.2) is 0 Å². The Bertz CT molecular complexity index is 371. The summed E-state index contributed by atoms with van der Waals surface area (Å²) < 4.78 is 28.8. The Balaban J connectivity index is 2.77. The van der Waals surface area contributed by atoms with E-state index in [-0.39, 0.29) is 0 Å². The highest BCUT2D eigenvalue weighted by Crippen LogP contribution is 2.23. The van der Waals surface area contributed by atoms with Gasteiger partial charge in [0.1, 0.15) is 0 Å². The number of halogens is 1. The zero-order chi connectivity index (χ0) is 15.2. The molecule has 120 valence electrons. The number of piperidine rings is 1. The molecular formula is C14H29ClN2O2S. The maximum atomic E-state index is 12.8. The lowest BCUT2D eigenvalue weighted by atomic mass is 10.0. The van der Waals surface area contributed by atoms with Crippen LogP contribution in [0.4, 0.5) is 0 Å². The first-order chi connectivity index (χ1) is 9.49. The first kappa shape index (κ1) is 18.2. The van der Waals surface area contributed by atoms with Gasteiger partial charge in [-0.2, -0.15) is 17.0 Å². The molecule has 0 aliphatic carbocycles. The average molecular weight is 325 g/mol. The second kappa shape index (κ2) is 8.57. The molecule has 0 aromatic carbocycles. The van der Waals surface area contributed by atoms with Crippen LogP contribution >= 0.6 is 11.6 Å². The van der Waals surface area contributed by atoms with Crippen molar-refractivity contribution < 1.29 is 8.42 Å².